The van der Waals surface area contributed by atoms with Gasteiger partial charge in [-0.15, -0.1) is 0 Å². The lowest BCUT2D eigenvalue weighted by molar-refractivity contribution is -0.149. The number of amides is 2. The Balaban J connectivity index is 2.42. The van der Waals surface area contributed by atoms with Gasteiger partial charge >= 0.3 is 6.18 Å². The molecule has 234 valence electrons. The van der Waals surface area contributed by atoms with Crippen LogP contribution in [0.2, 0.25) is 0 Å². The van der Waals surface area contributed by atoms with Crippen LogP contribution in [0.3, 0.4) is 0 Å². The molecule has 0 saturated carbocycles. The predicted molar refractivity (Wildman–Crippen MR) is 148 cm³/mol. The number of fused-ring (bicyclic) bond motifs is 1. The van der Waals surface area contributed by atoms with E-state index in [0.29, 0.717) is 19.4 Å². The Morgan fingerprint density at radius 3 is 2.56 bits per heavy atom. The van der Waals surface area contributed by atoms with Gasteiger partial charge in [0.15, 0.2) is 0 Å². The lowest BCUT2D eigenvalue weighted by atomic mass is 10.0. The van der Waals surface area contributed by atoms with Gasteiger partial charge in [-0.1, -0.05) is 6.92 Å². The molecule has 2 N–H and O–H groups in total. The monoisotopic (exact) mass is 609 g/mol. The second kappa shape index (κ2) is 15.1. The maximum Gasteiger partial charge on any atom is 0.389 e. The molecular formula is C27H42F3N3O7S. The lowest BCUT2D eigenvalue weighted by Gasteiger charge is -2.36. The average molecular weight is 610 g/mol. The Morgan fingerprint density at radius 1 is 1.27 bits per heavy atom. The summed E-state index contributed by atoms with van der Waals surface area (Å²) in [5.41, 5.74) is 0.272. The van der Waals surface area contributed by atoms with Crippen molar-refractivity contribution in [3.63, 3.8) is 0 Å². The van der Waals surface area contributed by atoms with Crippen LogP contribution >= 0.6 is 0 Å². The van der Waals surface area contributed by atoms with Gasteiger partial charge in [0.25, 0.3) is 5.91 Å². The van der Waals surface area contributed by atoms with E-state index in [9.17, 15) is 36.3 Å². The zero-order valence-electron chi connectivity index (χ0n) is 24.2. The fraction of sp³-hybridized carbons (Fsp3) is 0.704. The number of nitrogens with zero attached hydrogens (tertiary/aromatic N) is 2. The summed E-state index contributed by atoms with van der Waals surface area (Å²) in [7, 11) is -2.21. The minimum atomic E-state index is -4.44. The quantitative estimate of drug-likeness (QED) is 0.461. The molecule has 0 saturated heterocycles. The first-order valence-corrected chi connectivity index (χ1v) is 15.5. The van der Waals surface area contributed by atoms with Gasteiger partial charge in [-0.05, 0) is 51.3 Å². The third-order valence-corrected chi connectivity index (χ3v) is 7.46. The number of carbonyl (C=O) groups excluding carboxylic acids is 2. The Hall–Kier alpha value is -2.58. The molecule has 41 heavy (non-hydrogen) atoms. The normalized spacial score (nSPS) is 22.2. The largest absolute Gasteiger partial charge is 0.490 e. The van der Waals surface area contributed by atoms with Crippen molar-refractivity contribution in [2.45, 2.75) is 77.3 Å². The standard InChI is InChI=1S/C27H42F3N3O7S/c1-18-15-33(19(2)17-34)26(36)22-14-21(31-41(5,37)38)9-10-23(22)40-20(3)8-6-7-13-39-24(18)16-32(4)25(35)11-12-27(28,29)30/h9-10,14,18-20,24,31,34H,6-8,11-13,15-17H2,1-5H3/t18-,19-,20-,24-/m1/s1. The average Bonchev–Trinajstić information content (AvgIpc) is 2.87. The van der Waals surface area contributed by atoms with Crippen molar-refractivity contribution in [3.05, 3.63) is 23.8 Å². The molecule has 1 heterocycles. The van der Waals surface area contributed by atoms with Gasteiger partial charge in [-0.3, -0.25) is 14.3 Å². The first-order valence-electron chi connectivity index (χ1n) is 13.6. The van der Waals surface area contributed by atoms with Crippen molar-refractivity contribution >= 4 is 27.5 Å². The number of ether oxygens (including phenoxy) is 2. The zero-order valence-corrected chi connectivity index (χ0v) is 25.1. The summed E-state index contributed by atoms with van der Waals surface area (Å²) < 4.78 is 76.2. The maximum atomic E-state index is 13.9. The summed E-state index contributed by atoms with van der Waals surface area (Å²) in [5, 5.41) is 9.98. The van der Waals surface area contributed by atoms with Crippen LogP contribution in [0.15, 0.2) is 18.2 Å². The number of anilines is 1. The van der Waals surface area contributed by atoms with Crippen LogP contribution < -0.4 is 9.46 Å². The first-order chi connectivity index (χ1) is 19.0. The zero-order chi connectivity index (χ0) is 31.0. The van der Waals surface area contributed by atoms with Gasteiger partial charge in [0.05, 0.1) is 43.1 Å². The molecule has 0 aliphatic carbocycles. The molecule has 1 aromatic rings. The van der Waals surface area contributed by atoms with E-state index in [1.165, 1.54) is 35.0 Å². The van der Waals surface area contributed by atoms with Gasteiger partial charge in [0.2, 0.25) is 15.9 Å². The van der Waals surface area contributed by atoms with E-state index in [0.717, 1.165) is 12.7 Å². The summed E-state index contributed by atoms with van der Waals surface area (Å²) in [6, 6.07) is 3.77. The van der Waals surface area contributed by atoms with Gasteiger partial charge in [0.1, 0.15) is 5.75 Å². The summed E-state index contributed by atoms with van der Waals surface area (Å²) in [6.45, 7) is 5.37. The molecule has 1 aromatic carbocycles. The highest BCUT2D eigenvalue weighted by Crippen LogP contribution is 2.29. The Bertz CT molecular complexity index is 1130. The SMILES string of the molecule is C[C@@H]1CCCCO[C@H](CN(C)C(=O)CCC(F)(F)F)[C@H](C)CN([C@H](C)CO)C(=O)c2cc(NS(C)(=O)=O)ccc2O1. The Labute approximate surface area is 240 Å². The number of hydrogen-bond acceptors (Lipinski definition) is 7. The highest BCUT2D eigenvalue weighted by Gasteiger charge is 2.32. The van der Waals surface area contributed by atoms with Crippen molar-refractivity contribution in [3.8, 4) is 5.75 Å². The van der Waals surface area contributed by atoms with Crippen LogP contribution in [0.4, 0.5) is 18.9 Å². The van der Waals surface area contributed by atoms with E-state index in [1.807, 2.05) is 6.92 Å². The van der Waals surface area contributed by atoms with E-state index in [2.05, 4.69) is 4.72 Å². The molecule has 14 heteroatoms. The number of aliphatic hydroxyl groups is 1. The van der Waals surface area contributed by atoms with Gasteiger partial charge in [-0.2, -0.15) is 13.2 Å². The third kappa shape index (κ3) is 11.7. The molecule has 0 aromatic heterocycles. The maximum absolute atomic E-state index is 13.9. The van der Waals surface area contributed by atoms with Gasteiger partial charge < -0.3 is 24.4 Å². The Morgan fingerprint density at radius 2 is 1.95 bits per heavy atom. The fourth-order valence-electron chi connectivity index (χ4n) is 4.47. The van der Waals surface area contributed by atoms with E-state index in [4.69, 9.17) is 9.47 Å². The molecular weight excluding hydrogens is 567 g/mol. The minimum Gasteiger partial charge on any atom is -0.490 e. The number of likely N-dealkylation sites (N-methyl/N-ethyl adjacent to an activating group) is 1. The third-order valence-electron chi connectivity index (χ3n) is 6.86. The van der Waals surface area contributed by atoms with Crippen LogP contribution in [0.5, 0.6) is 5.75 Å². The van der Waals surface area contributed by atoms with E-state index in [1.54, 1.807) is 13.8 Å². The van der Waals surface area contributed by atoms with Gasteiger partial charge in [0, 0.05) is 44.8 Å². The highest BCUT2D eigenvalue weighted by molar-refractivity contribution is 7.92. The van der Waals surface area contributed by atoms with Crippen LogP contribution in [-0.2, 0) is 19.6 Å². The summed E-state index contributed by atoms with van der Waals surface area (Å²) in [6.07, 6.45) is -4.20. The summed E-state index contributed by atoms with van der Waals surface area (Å²) >= 11 is 0. The molecule has 4 atom stereocenters. The first kappa shape index (κ1) is 34.6. The van der Waals surface area contributed by atoms with Crippen LogP contribution in [0.1, 0.15) is 63.2 Å². The van der Waals surface area contributed by atoms with Crippen molar-refractivity contribution in [1.29, 1.82) is 0 Å². The Kier molecular flexibility index (Phi) is 12.7. The number of carbonyl (C=O) groups is 2. The number of rotatable bonds is 8. The number of hydrogen-bond donors (Lipinski definition) is 2. The summed E-state index contributed by atoms with van der Waals surface area (Å²) in [5.74, 6) is -1.30. The lowest BCUT2D eigenvalue weighted by Crippen LogP contribution is -2.48. The van der Waals surface area contributed by atoms with Gasteiger partial charge in [-0.25, -0.2) is 8.42 Å². The number of sulfonamides is 1. The van der Waals surface area contributed by atoms with E-state index >= 15 is 0 Å². The van der Waals surface area contributed by atoms with Crippen molar-refractivity contribution < 1.29 is 45.8 Å². The molecule has 0 bridgehead atoms. The second-order valence-corrected chi connectivity index (χ2v) is 12.5. The van der Waals surface area contributed by atoms with Crippen LogP contribution in [-0.4, -0.2) is 99.2 Å². The molecule has 0 radical (unpaired) electrons. The molecule has 1 aliphatic heterocycles. The number of benzene rings is 1. The van der Waals surface area contributed by atoms with Crippen LogP contribution in [0.25, 0.3) is 0 Å². The second-order valence-electron chi connectivity index (χ2n) is 10.8. The molecule has 1 aliphatic rings. The number of alkyl halides is 3. The van der Waals surface area contributed by atoms with E-state index in [-0.39, 0.29) is 42.8 Å². The smallest absolute Gasteiger partial charge is 0.389 e. The summed E-state index contributed by atoms with van der Waals surface area (Å²) in [4.78, 5) is 29.0. The predicted octanol–water partition coefficient (Wildman–Crippen LogP) is 3.65. The molecule has 2 amide bonds. The number of halogens is 3. The molecule has 0 fully saturated rings. The molecule has 0 spiro atoms. The molecule has 2 rings (SSSR count). The fourth-order valence-corrected chi connectivity index (χ4v) is 5.03. The topological polar surface area (TPSA) is 125 Å². The van der Waals surface area contributed by atoms with Crippen LogP contribution in [0, 0.1) is 5.92 Å². The van der Waals surface area contributed by atoms with Crippen molar-refractivity contribution in [2.75, 3.05) is 44.3 Å². The molecule has 10 nitrogen and oxygen atoms in total. The number of nitrogens with one attached hydrogen (secondary N) is 1. The van der Waals surface area contributed by atoms with E-state index < -0.39 is 58.9 Å². The van der Waals surface area contributed by atoms with Crippen molar-refractivity contribution in [2.24, 2.45) is 5.92 Å². The molecule has 0 unspecified atom stereocenters. The number of aliphatic hydroxyl groups excluding tert-OH is 1. The highest BCUT2D eigenvalue weighted by atomic mass is 32.2. The van der Waals surface area contributed by atoms with Crippen molar-refractivity contribution in [1.82, 2.24) is 9.80 Å². The minimum absolute atomic E-state index is 0.0198.